The molecule has 142 valence electrons. The van der Waals surface area contributed by atoms with E-state index in [1.807, 2.05) is 31.1 Å². The number of methoxy groups -OCH3 is 2. The lowest BCUT2D eigenvalue weighted by Gasteiger charge is -2.26. The van der Waals surface area contributed by atoms with Gasteiger partial charge in [-0.05, 0) is 43.9 Å². The molecule has 0 aliphatic rings. The van der Waals surface area contributed by atoms with Gasteiger partial charge in [0, 0.05) is 19.6 Å². The number of amides is 1. The van der Waals surface area contributed by atoms with Crippen molar-refractivity contribution in [3.63, 3.8) is 0 Å². The quantitative estimate of drug-likeness (QED) is 0.718. The van der Waals surface area contributed by atoms with Gasteiger partial charge in [-0.2, -0.15) is 5.26 Å². The van der Waals surface area contributed by atoms with Crippen molar-refractivity contribution in [2.75, 3.05) is 41.4 Å². The van der Waals surface area contributed by atoms with Crippen LogP contribution in [0.5, 0.6) is 11.5 Å². The molecule has 1 amide bonds. The minimum absolute atomic E-state index is 0.144. The van der Waals surface area contributed by atoms with E-state index < -0.39 is 0 Å². The van der Waals surface area contributed by atoms with Crippen molar-refractivity contribution >= 4 is 5.91 Å². The number of para-hydroxylation sites is 1. The second-order valence-corrected chi connectivity index (χ2v) is 6.38. The molecule has 2 aromatic rings. The van der Waals surface area contributed by atoms with Gasteiger partial charge in [0.1, 0.15) is 0 Å². The van der Waals surface area contributed by atoms with Crippen LogP contribution in [0.15, 0.2) is 42.5 Å². The molecular formula is C21H25N3O3. The summed E-state index contributed by atoms with van der Waals surface area (Å²) in [6.45, 7) is 1.67. The first-order valence-corrected chi connectivity index (χ1v) is 8.64. The van der Waals surface area contributed by atoms with Crippen LogP contribution < -0.4 is 9.47 Å². The predicted octanol–water partition coefficient (Wildman–Crippen LogP) is 2.78. The summed E-state index contributed by atoms with van der Waals surface area (Å²) in [5.41, 5.74) is 1.93. The van der Waals surface area contributed by atoms with E-state index in [4.69, 9.17) is 14.7 Å². The molecule has 0 saturated heterocycles. The van der Waals surface area contributed by atoms with Gasteiger partial charge in [0.15, 0.2) is 11.5 Å². The molecular weight excluding hydrogens is 342 g/mol. The Morgan fingerprint density at radius 3 is 2.44 bits per heavy atom. The number of benzene rings is 2. The van der Waals surface area contributed by atoms with Gasteiger partial charge >= 0.3 is 0 Å². The molecule has 0 aromatic heterocycles. The van der Waals surface area contributed by atoms with Crippen LogP contribution in [-0.2, 0) is 6.54 Å². The number of nitrogens with zero attached hydrogens (tertiary/aromatic N) is 3. The Labute approximate surface area is 160 Å². The second-order valence-electron chi connectivity index (χ2n) is 6.38. The standard InChI is InChI=1S/C21H25N3O3/c1-23(2)11-12-24(15-17-8-5-7-16(13-17)14-22)21(25)18-9-6-10-19(26-3)20(18)27-4/h5-10,13H,11-12,15H2,1-4H3. The van der Waals surface area contributed by atoms with Crippen LogP contribution in [0.1, 0.15) is 21.5 Å². The van der Waals surface area contributed by atoms with Crippen LogP contribution in [0.3, 0.4) is 0 Å². The highest BCUT2D eigenvalue weighted by Crippen LogP contribution is 2.31. The largest absolute Gasteiger partial charge is 0.493 e. The fourth-order valence-electron chi connectivity index (χ4n) is 2.76. The van der Waals surface area contributed by atoms with Gasteiger partial charge in [-0.15, -0.1) is 0 Å². The van der Waals surface area contributed by atoms with Gasteiger partial charge in [0.05, 0.1) is 31.4 Å². The van der Waals surface area contributed by atoms with E-state index in [9.17, 15) is 4.79 Å². The normalized spacial score (nSPS) is 10.4. The number of hydrogen-bond donors (Lipinski definition) is 0. The van der Waals surface area contributed by atoms with Crippen molar-refractivity contribution in [3.8, 4) is 17.6 Å². The molecule has 6 heteroatoms. The molecule has 6 nitrogen and oxygen atoms in total. The first kappa shape index (κ1) is 20.3. The molecule has 0 saturated carbocycles. The lowest BCUT2D eigenvalue weighted by molar-refractivity contribution is 0.0728. The molecule has 0 radical (unpaired) electrons. The summed E-state index contributed by atoms with van der Waals surface area (Å²) in [5.74, 6) is 0.794. The summed E-state index contributed by atoms with van der Waals surface area (Å²) in [5, 5.41) is 9.12. The molecule has 0 N–H and O–H groups in total. The summed E-state index contributed by atoms with van der Waals surface area (Å²) in [6, 6.07) is 14.7. The Balaban J connectivity index is 2.35. The number of nitriles is 1. The van der Waals surface area contributed by atoms with Gasteiger partial charge in [-0.25, -0.2) is 0 Å². The van der Waals surface area contributed by atoms with E-state index in [-0.39, 0.29) is 5.91 Å². The number of likely N-dealkylation sites (N-methyl/N-ethyl adjacent to an activating group) is 1. The third-order valence-electron chi connectivity index (χ3n) is 4.17. The van der Waals surface area contributed by atoms with Crippen molar-refractivity contribution in [2.45, 2.75) is 6.54 Å². The number of carbonyl (C=O) groups is 1. The molecule has 0 fully saturated rings. The summed E-state index contributed by atoms with van der Waals surface area (Å²) in [4.78, 5) is 17.1. The molecule has 0 spiro atoms. The minimum atomic E-state index is -0.144. The molecule has 0 aliphatic carbocycles. The smallest absolute Gasteiger partial charge is 0.258 e. The fraction of sp³-hybridized carbons (Fsp3) is 0.333. The zero-order chi connectivity index (χ0) is 19.8. The Morgan fingerprint density at radius 1 is 1.07 bits per heavy atom. The lowest BCUT2D eigenvalue weighted by Crippen LogP contribution is -2.36. The van der Waals surface area contributed by atoms with Crippen molar-refractivity contribution in [3.05, 3.63) is 59.2 Å². The molecule has 2 rings (SSSR count). The van der Waals surface area contributed by atoms with E-state index in [1.54, 1.807) is 42.3 Å². The van der Waals surface area contributed by atoms with Crippen molar-refractivity contribution < 1.29 is 14.3 Å². The summed E-state index contributed by atoms with van der Waals surface area (Å²) < 4.78 is 10.7. The van der Waals surface area contributed by atoms with E-state index in [2.05, 4.69) is 6.07 Å². The maximum atomic E-state index is 13.3. The summed E-state index contributed by atoms with van der Waals surface area (Å²) in [6.07, 6.45) is 0. The first-order valence-electron chi connectivity index (χ1n) is 8.64. The monoisotopic (exact) mass is 367 g/mol. The van der Waals surface area contributed by atoms with Crippen LogP contribution >= 0.6 is 0 Å². The molecule has 0 aliphatic heterocycles. The van der Waals surface area contributed by atoms with Crippen LogP contribution in [-0.4, -0.2) is 57.1 Å². The zero-order valence-corrected chi connectivity index (χ0v) is 16.2. The Bertz CT molecular complexity index is 828. The second kappa shape index (κ2) is 9.60. The molecule has 2 aromatic carbocycles. The van der Waals surface area contributed by atoms with Crippen LogP contribution in [0.25, 0.3) is 0 Å². The van der Waals surface area contributed by atoms with Crippen molar-refractivity contribution in [1.29, 1.82) is 5.26 Å². The van der Waals surface area contributed by atoms with Crippen LogP contribution in [0.4, 0.5) is 0 Å². The Morgan fingerprint density at radius 2 is 1.81 bits per heavy atom. The molecule has 0 bridgehead atoms. The Kier molecular flexibility index (Phi) is 7.21. The SMILES string of the molecule is COc1cccc(C(=O)N(CCN(C)C)Cc2cccc(C#N)c2)c1OC. The van der Waals surface area contributed by atoms with Gasteiger partial charge < -0.3 is 19.3 Å². The van der Waals surface area contributed by atoms with Crippen LogP contribution in [0.2, 0.25) is 0 Å². The third kappa shape index (κ3) is 5.22. The van der Waals surface area contributed by atoms with E-state index in [0.717, 1.165) is 12.1 Å². The van der Waals surface area contributed by atoms with Crippen LogP contribution in [0, 0.1) is 11.3 Å². The number of rotatable bonds is 8. The highest BCUT2D eigenvalue weighted by atomic mass is 16.5. The highest BCUT2D eigenvalue weighted by molar-refractivity contribution is 5.97. The zero-order valence-electron chi connectivity index (χ0n) is 16.2. The molecule has 0 atom stereocenters. The topological polar surface area (TPSA) is 65.8 Å². The average Bonchev–Trinajstić information content (AvgIpc) is 2.69. The number of ether oxygens (including phenoxy) is 2. The van der Waals surface area contributed by atoms with Crippen molar-refractivity contribution in [2.24, 2.45) is 0 Å². The number of carbonyl (C=O) groups excluding carboxylic acids is 1. The third-order valence-corrected chi connectivity index (χ3v) is 4.17. The molecule has 0 unspecified atom stereocenters. The van der Waals surface area contributed by atoms with Gasteiger partial charge in [0.2, 0.25) is 0 Å². The summed E-state index contributed by atoms with van der Waals surface area (Å²) in [7, 11) is 6.99. The lowest BCUT2D eigenvalue weighted by atomic mass is 10.1. The maximum absolute atomic E-state index is 13.3. The molecule has 0 heterocycles. The minimum Gasteiger partial charge on any atom is -0.493 e. The molecule has 27 heavy (non-hydrogen) atoms. The maximum Gasteiger partial charge on any atom is 0.258 e. The van der Waals surface area contributed by atoms with E-state index >= 15 is 0 Å². The number of hydrogen-bond acceptors (Lipinski definition) is 5. The predicted molar refractivity (Wildman–Crippen MR) is 104 cm³/mol. The van der Waals surface area contributed by atoms with Gasteiger partial charge in [-0.1, -0.05) is 18.2 Å². The van der Waals surface area contributed by atoms with E-state index in [0.29, 0.717) is 35.7 Å². The van der Waals surface area contributed by atoms with Crippen molar-refractivity contribution in [1.82, 2.24) is 9.80 Å². The highest BCUT2D eigenvalue weighted by Gasteiger charge is 2.22. The first-order chi connectivity index (χ1) is 13.0. The van der Waals surface area contributed by atoms with E-state index in [1.165, 1.54) is 7.11 Å². The fourth-order valence-corrected chi connectivity index (χ4v) is 2.76. The van der Waals surface area contributed by atoms with Gasteiger partial charge in [-0.3, -0.25) is 4.79 Å². The summed E-state index contributed by atoms with van der Waals surface area (Å²) >= 11 is 0. The van der Waals surface area contributed by atoms with Gasteiger partial charge in [0.25, 0.3) is 5.91 Å². The average molecular weight is 367 g/mol. The Hall–Kier alpha value is -3.04.